The highest BCUT2D eigenvalue weighted by Gasteiger charge is 2.29. The number of carbonyl (C=O) groups excluding carboxylic acids is 1. The molecule has 0 aliphatic rings. The number of aldehydes is 1. The van der Waals surface area contributed by atoms with Crippen LogP contribution in [-0.4, -0.2) is 31.6 Å². The molecule has 132 valence electrons. The van der Waals surface area contributed by atoms with Gasteiger partial charge >= 0.3 is 0 Å². The number of hydrogen-bond donors (Lipinski definition) is 0. The molecule has 2 aromatic rings. The zero-order valence-electron chi connectivity index (χ0n) is 14.5. The SMILES string of the molecule is CCC(C=O)N(C/C=C/c1ccccc1)S(=O)(=O)c1ccc(C)cc1. The van der Waals surface area contributed by atoms with Gasteiger partial charge < -0.3 is 4.79 Å². The van der Waals surface area contributed by atoms with E-state index in [0.717, 1.165) is 11.1 Å². The van der Waals surface area contributed by atoms with Crippen LogP contribution in [0.1, 0.15) is 24.5 Å². The van der Waals surface area contributed by atoms with E-state index in [4.69, 9.17) is 0 Å². The Morgan fingerprint density at radius 2 is 1.68 bits per heavy atom. The van der Waals surface area contributed by atoms with Crippen LogP contribution in [0.4, 0.5) is 0 Å². The van der Waals surface area contributed by atoms with E-state index >= 15 is 0 Å². The summed E-state index contributed by atoms with van der Waals surface area (Å²) in [6.45, 7) is 3.84. The molecule has 2 rings (SSSR count). The lowest BCUT2D eigenvalue weighted by Gasteiger charge is -2.25. The highest BCUT2D eigenvalue weighted by Crippen LogP contribution is 2.20. The van der Waals surface area contributed by atoms with Gasteiger partial charge in [0, 0.05) is 6.54 Å². The minimum atomic E-state index is -3.74. The summed E-state index contributed by atoms with van der Waals surface area (Å²) in [5.41, 5.74) is 1.96. The summed E-state index contributed by atoms with van der Waals surface area (Å²) in [7, 11) is -3.74. The van der Waals surface area contributed by atoms with Crippen molar-refractivity contribution in [3.8, 4) is 0 Å². The molecule has 0 saturated heterocycles. The van der Waals surface area contributed by atoms with E-state index in [0.29, 0.717) is 12.7 Å². The largest absolute Gasteiger partial charge is 0.302 e. The molecule has 0 amide bonds. The third-order valence-electron chi connectivity index (χ3n) is 3.97. The Bertz CT molecular complexity index is 812. The maximum absolute atomic E-state index is 13.0. The molecule has 0 saturated carbocycles. The Hall–Kier alpha value is -2.24. The predicted molar refractivity (Wildman–Crippen MR) is 101 cm³/mol. The zero-order chi connectivity index (χ0) is 18.3. The van der Waals surface area contributed by atoms with E-state index in [1.165, 1.54) is 4.31 Å². The van der Waals surface area contributed by atoms with Gasteiger partial charge in [-0.3, -0.25) is 0 Å². The zero-order valence-corrected chi connectivity index (χ0v) is 15.3. The van der Waals surface area contributed by atoms with Crippen molar-refractivity contribution >= 4 is 22.4 Å². The maximum atomic E-state index is 13.0. The Kier molecular flexibility index (Phi) is 6.67. The van der Waals surface area contributed by atoms with Crippen LogP contribution >= 0.6 is 0 Å². The summed E-state index contributed by atoms with van der Waals surface area (Å²) >= 11 is 0. The first kappa shape index (κ1) is 19.1. The molecular formula is C20H23NO3S. The fourth-order valence-corrected chi connectivity index (χ4v) is 4.07. The molecule has 4 nitrogen and oxygen atoms in total. The summed E-state index contributed by atoms with van der Waals surface area (Å²) in [6, 6.07) is 15.6. The van der Waals surface area contributed by atoms with Gasteiger partial charge in [0.25, 0.3) is 0 Å². The molecule has 0 heterocycles. The molecule has 5 heteroatoms. The number of aryl methyl sites for hydroxylation is 1. The van der Waals surface area contributed by atoms with Crippen molar-refractivity contribution in [2.24, 2.45) is 0 Å². The van der Waals surface area contributed by atoms with Crippen molar-refractivity contribution < 1.29 is 13.2 Å². The first-order valence-electron chi connectivity index (χ1n) is 8.24. The van der Waals surface area contributed by atoms with Crippen molar-refractivity contribution in [1.82, 2.24) is 4.31 Å². The highest BCUT2D eigenvalue weighted by molar-refractivity contribution is 7.89. The minimum Gasteiger partial charge on any atom is -0.302 e. The van der Waals surface area contributed by atoms with Crippen LogP contribution in [-0.2, 0) is 14.8 Å². The Balaban J connectivity index is 2.30. The van der Waals surface area contributed by atoms with E-state index in [9.17, 15) is 13.2 Å². The van der Waals surface area contributed by atoms with Gasteiger partial charge in [-0.2, -0.15) is 4.31 Å². The van der Waals surface area contributed by atoms with Gasteiger partial charge in [-0.25, -0.2) is 8.42 Å². The summed E-state index contributed by atoms with van der Waals surface area (Å²) in [4.78, 5) is 11.6. The lowest BCUT2D eigenvalue weighted by Crippen LogP contribution is -2.41. The van der Waals surface area contributed by atoms with Crippen LogP contribution in [0.15, 0.2) is 65.6 Å². The van der Waals surface area contributed by atoms with E-state index in [2.05, 4.69) is 0 Å². The van der Waals surface area contributed by atoms with Gasteiger partial charge in [-0.05, 0) is 31.0 Å². The highest BCUT2D eigenvalue weighted by atomic mass is 32.2. The van der Waals surface area contributed by atoms with E-state index < -0.39 is 16.1 Å². The Labute approximate surface area is 149 Å². The maximum Gasteiger partial charge on any atom is 0.244 e. The van der Waals surface area contributed by atoms with Crippen LogP contribution in [0.3, 0.4) is 0 Å². The Morgan fingerprint density at radius 3 is 2.24 bits per heavy atom. The number of rotatable bonds is 8. The summed E-state index contributed by atoms with van der Waals surface area (Å²) < 4.78 is 27.2. The van der Waals surface area contributed by atoms with Gasteiger partial charge in [0.2, 0.25) is 10.0 Å². The van der Waals surface area contributed by atoms with Gasteiger partial charge in [0.1, 0.15) is 6.29 Å². The summed E-state index contributed by atoms with van der Waals surface area (Å²) in [5, 5.41) is 0. The van der Waals surface area contributed by atoms with Crippen LogP contribution in [0.2, 0.25) is 0 Å². The van der Waals surface area contributed by atoms with Crippen LogP contribution in [0.5, 0.6) is 0 Å². The number of carbonyl (C=O) groups is 1. The second-order valence-electron chi connectivity index (χ2n) is 5.81. The average molecular weight is 357 g/mol. The van der Waals surface area contributed by atoms with Crippen molar-refractivity contribution in [3.63, 3.8) is 0 Å². The first-order chi connectivity index (χ1) is 12.0. The first-order valence-corrected chi connectivity index (χ1v) is 9.68. The topological polar surface area (TPSA) is 54.5 Å². The molecule has 0 aliphatic carbocycles. The average Bonchev–Trinajstić information content (AvgIpc) is 2.62. The lowest BCUT2D eigenvalue weighted by molar-refractivity contribution is -0.111. The monoisotopic (exact) mass is 357 g/mol. The smallest absolute Gasteiger partial charge is 0.244 e. The van der Waals surface area contributed by atoms with E-state index in [1.54, 1.807) is 37.3 Å². The molecule has 0 radical (unpaired) electrons. The number of hydrogen-bond acceptors (Lipinski definition) is 3. The number of nitrogens with zero attached hydrogens (tertiary/aromatic N) is 1. The molecule has 0 fully saturated rings. The van der Waals surface area contributed by atoms with Crippen molar-refractivity contribution in [3.05, 3.63) is 71.8 Å². The molecule has 0 aromatic heterocycles. The molecule has 0 bridgehead atoms. The lowest BCUT2D eigenvalue weighted by atomic mass is 10.2. The second-order valence-corrected chi connectivity index (χ2v) is 7.70. The van der Waals surface area contributed by atoms with E-state index in [-0.39, 0.29) is 11.4 Å². The van der Waals surface area contributed by atoms with Gasteiger partial charge in [0.15, 0.2) is 0 Å². The van der Waals surface area contributed by atoms with Crippen LogP contribution < -0.4 is 0 Å². The Morgan fingerprint density at radius 1 is 1.04 bits per heavy atom. The van der Waals surface area contributed by atoms with Gasteiger partial charge in [0.05, 0.1) is 10.9 Å². The third kappa shape index (κ3) is 4.87. The molecule has 25 heavy (non-hydrogen) atoms. The number of sulfonamides is 1. The molecule has 0 aliphatic heterocycles. The fraction of sp³-hybridized carbons (Fsp3) is 0.250. The summed E-state index contributed by atoms with van der Waals surface area (Å²) in [6.07, 6.45) is 4.75. The van der Waals surface area contributed by atoms with Crippen LogP contribution in [0.25, 0.3) is 6.08 Å². The van der Waals surface area contributed by atoms with Crippen molar-refractivity contribution in [2.75, 3.05) is 6.54 Å². The normalized spacial score (nSPS) is 13.2. The van der Waals surface area contributed by atoms with Crippen molar-refractivity contribution in [1.29, 1.82) is 0 Å². The summed E-state index contributed by atoms with van der Waals surface area (Å²) in [5.74, 6) is 0. The third-order valence-corrected chi connectivity index (χ3v) is 5.87. The fourth-order valence-electron chi connectivity index (χ4n) is 2.48. The van der Waals surface area contributed by atoms with Gasteiger partial charge in [-0.1, -0.05) is 67.1 Å². The second kappa shape index (κ2) is 8.74. The standard InChI is InChI=1S/C20H23NO3S/c1-3-19(16-22)21(15-7-10-18-8-5-4-6-9-18)25(23,24)20-13-11-17(2)12-14-20/h4-14,16,19H,3,15H2,1-2H3/b10-7+. The minimum absolute atomic E-state index is 0.141. The van der Waals surface area contributed by atoms with E-state index in [1.807, 2.05) is 43.3 Å². The number of benzene rings is 2. The molecule has 2 aromatic carbocycles. The molecular weight excluding hydrogens is 334 g/mol. The molecule has 1 unspecified atom stereocenters. The molecule has 0 N–H and O–H groups in total. The van der Waals surface area contributed by atoms with Crippen LogP contribution in [0, 0.1) is 6.92 Å². The predicted octanol–water partition coefficient (Wildman–Crippen LogP) is 3.68. The molecule has 1 atom stereocenters. The van der Waals surface area contributed by atoms with Gasteiger partial charge in [-0.15, -0.1) is 0 Å². The quantitative estimate of drug-likeness (QED) is 0.677. The molecule has 0 spiro atoms. The van der Waals surface area contributed by atoms with Crippen molar-refractivity contribution in [2.45, 2.75) is 31.2 Å².